The molecule has 0 saturated heterocycles. The van der Waals surface area contributed by atoms with Gasteiger partial charge in [-0.2, -0.15) is 0 Å². The molecule has 0 aliphatic carbocycles. The molecule has 0 amide bonds. The van der Waals surface area contributed by atoms with Gasteiger partial charge in [-0.1, -0.05) is 37.3 Å². The van der Waals surface area contributed by atoms with E-state index in [1.807, 2.05) is 0 Å². The van der Waals surface area contributed by atoms with Crippen LogP contribution in [0.15, 0.2) is 30.3 Å². The van der Waals surface area contributed by atoms with Crippen LogP contribution >= 0.6 is 7.92 Å². The number of aryl methyl sites for hydroxylation is 1. The lowest BCUT2D eigenvalue weighted by Gasteiger charge is -2.08. The fourth-order valence-electron chi connectivity index (χ4n) is 1.12. The average Bonchev–Trinajstić information content (AvgIpc) is 2.16. The van der Waals surface area contributed by atoms with Crippen LogP contribution in [0, 0.1) is 0 Å². The third kappa shape index (κ3) is 3.36. The van der Waals surface area contributed by atoms with Gasteiger partial charge in [0.05, 0.1) is 0 Å². The number of rotatable bonds is 4. The van der Waals surface area contributed by atoms with E-state index in [1.165, 1.54) is 24.3 Å². The Labute approximate surface area is 76.8 Å². The molecule has 66 valence electrons. The molecule has 0 fully saturated rings. The Morgan fingerprint density at radius 3 is 2.42 bits per heavy atom. The third-order valence-corrected chi connectivity index (χ3v) is 4.23. The molecule has 1 rings (SSSR count). The maximum Gasteiger partial charge on any atom is -0.0239 e. The molecule has 12 heavy (non-hydrogen) atoms. The molecule has 0 saturated carbocycles. The molecule has 1 heteroatoms. The first-order chi connectivity index (χ1) is 5.83. The molecular formula is C11H17P. The van der Waals surface area contributed by atoms with Crippen molar-refractivity contribution in [3.63, 3.8) is 0 Å². The van der Waals surface area contributed by atoms with E-state index in [-0.39, 0.29) is 0 Å². The SMILES string of the molecule is CCP(C)CCc1ccccc1. The van der Waals surface area contributed by atoms with E-state index >= 15 is 0 Å². The van der Waals surface area contributed by atoms with Crippen molar-refractivity contribution in [2.45, 2.75) is 13.3 Å². The zero-order valence-electron chi connectivity index (χ0n) is 7.96. The lowest BCUT2D eigenvalue weighted by Crippen LogP contribution is -1.91. The summed E-state index contributed by atoms with van der Waals surface area (Å²) in [6.07, 6.45) is 4.01. The molecule has 0 radical (unpaired) electrons. The van der Waals surface area contributed by atoms with Crippen molar-refractivity contribution in [2.24, 2.45) is 0 Å². The van der Waals surface area contributed by atoms with E-state index in [4.69, 9.17) is 0 Å². The predicted octanol–water partition coefficient (Wildman–Crippen LogP) is 3.36. The largest absolute Gasteiger partial charge is 0.110 e. The molecule has 0 aliphatic heterocycles. The van der Waals surface area contributed by atoms with Crippen molar-refractivity contribution in [3.05, 3.63) is 35.9 Å². The van der Waals surface area contributed by atoms with Gasteiger partial charge in [0.25, 0.3) is 0 Å². The van der Waals surface area contributed by atoms with Crippen LogP contribution in [0.2, 0.25) is 0 Å². The van der Waals surface area contributed by atoms with Gasteiger partial charge in [0.15, 0.2) is 0 Å². The van der Waals surface area contributed by atoms with Gasteiger partial charge >= 0.3 is 0 Å². The maximum absolute atomic E-state index is 2.39. The maximum atomic E-state index is 2.39. The Morgan fingerprint density at radius 1 is 1.17 bits per heavy atom. The summed E-state index contributed by atoms with van der Waals surface area (Å²) < 4.78 is 0. The van der Waals surface area contributed by atoms with Crippen molar-refractivity contribution in [1.29, 1.82) is 0 Å². The predicted molar refractivity (Wildman–Crippen MR) is 58.4 cm³/mol. The fourth-order valence-corrected chi connectivity index (χ4v) is 2.08. The van der Waals surface area contributed by atoms with Crippen LogP contribution in [0.4, 0.5) is 0 Å². The summed E-state index contributed by atoms with van der Waals surface area (Å²) in [7, 11) is 0.298. The first kappa shape index (κ1) is 9.74. The lowest BCUT2D eigenvalue weighted by molar-refractivity contribution is 1.14. The zero-order chi connectivity index (χ0) is 8.81. The minimum atomic E-state index is 0.298. The number of benzene rings is 1. The van der Waals surface area contributed by atoms with Gasteiger partial charge in [0, 0.05) is 0 Å². The van der Waals surface area contributed by atoms with Crippen molar-refractivity contribution in [1.82, 2.24) is 0 Å². The molecule has 0 heterocycles. The first-order valence-electron chi connectivity index (χ1n) is 4.55. The highest BCUT2D eigenvalue weighted by atomic mass is 31.1. The second kappa shape index (κ2) is 5.32. The fraction of sp³-hybridized carbons (Fsp3) is 0.455. The van der Waals surface area contributed by atoms with Crippen LogP contribution in [0.25, 0.3) is 0 Å². The van der Waals surface area contributed by atoms with Crippen molar-refractivity contribution in [3.8, 4) is 0 Å². The lowest BCUT2D eigenvalue weighted by atomic mass is 10.2. The summed E-state index contributed by atoms with van der Waals surface area (Å²) in [5.41, 5.74) is 1.49. The molecule has 0 spiro atoms. The quantitative estimate of drug-likeness (QED) is 0.623. The Morgan fingerprint density at radius 2 is 1.83 bits per heavy atom. The minimum Gasteiger partial charge on any atom is -0.110 e. The molecule has 0 aromatic heterocycles. The summed E-state index contributed by atoms with van der Waals surface area (Å²) in [4.78, 5) is 0. The summed E-state index contributed by atoms with van der Waals surface area (Å²) in [5.74, 6) is 0. The molecular weight excluding hydrogens is 163 g/mol. The summed E-state index contributed by atoms with van der Waals surface area (Å²) in [6.45, 7) is 4.68. The highest BCUT2D eigenvalue weighted by Crippen LogP contribution is 2.29. The van der Waals surface area contributed by atoms with E-state index in [0.717, 1.165) is 0 Å². The van der Waals surface area contributed by atoms with E-state index in [9.17, 15) is 0 Å². The van der Waals surface area contributed by atoms with Gasteiger partial charge in [-0.3, -0.25) is 0 Å². The Hall–Kier alpha value is -0.350. The van der Waals surface area contributed by atoms with Gasteiger partial charge < -0.3 is 0 Å². The zero-order valence-corrected chi connectivity index (χ0v) is 8.85. The molecule has 1 atom stereocenters. The molecule has 1 aromatic rings. The molecule has 0 N–H and O–H groups in total. The molecule has 0 aliphatic rings. The molecule has 1 unspecified atom stereocenters. The molecule has 1 aromatic carbocycles. The van der Waals surface area contributed by atoms with Crippen LogP contribution in [0.3, 0.4) is 0 Å². The highest BCUT2D eigenvalue weighted by Gasteiger charge is 1.97. The summed E-state index contributed by atoms with van der Waals surface area (Å²) in [5, 5.41) is 0. The first-order valence-corrected chi connectivity index (χ1v) is 6.71. The Balaban J connectivity index is 2.33. The standard InChI is InChI=1S/C11H17P/c1-3-12(2)10-9-11-7-5-4-6-8-11/h4-8H,3,9-10H2,1-2H3. The van der Waals surface area contributed by atoms with Crippen LogP contribution in [-0.4, -0.2) is 19.0 Å². The van der Waals surface area contributed by atoms with E-state index in [2.05, 4.69) is 43.9 Å². The van der Waals surface area contributed by atoms with Crippen molar-refractivity contribution in [2.75, 3.05) is 19.0 Å². The van der Waals surface area contributed by atoms with E-state index < -0.39 is 0 Å². The summed E-state index contributed by atoms with van der Waals surface area (Å²) >= 11 is 0. The topological polar surface area (TPSA) is 0 Å². The normalized spacial score (nSPS) is 12.8. The molecule has 0 nitrogen and oxygen atoms in total. The van der Waals surface area contributed by atoms with E-state index in [1.54, 1.807) is 0 Å². The second-order valence-electron chi connectivity index (χ2n) is 3.13. The van der Waals surface area contributed by atoms with Crippen LogP contribution in [-0.2, 0) is 6.42 Å². The van der Waals surface area contributed by atoms with Gasteiger partial charge in [0.1, 0.15) is 0 Å². The van der Waals surface area contributed by atoms with Crippen molar-refractivity contribution >= 4 is 7.92 Å². The number of hydrogen-bond acceptors (Lipinski definition) is 0. The van der Waals surface area contributed by atoms with Crippen LogP contribution in [0.1, 0.15) is 12.5 Å². The monoisotopic (exact) mass is 180 g/mol. The van der Waals surface area contributed by atoms with Crippen molar-refractivity contribution < 1.29 is 0 Å². The Bertz CT molecular complexity index is 206. The number of hydrogen-bond donors (Lipinski definition) is 0. The Kier molecular flexibility index (Phi) is 4.32. The van der Waals surface area contributed by atoms with E-state index in [0.29, 0.717) is 7.92 Å². The average molecular weight is 180 g/mol. The summed E-state index contributed by atoms with van der Waals surface area (Å²) in [6, 6.07) is 10.8. The van der Waals surface area contributed by atoms with Gasteiger partial charge in [-0.25, -0.2) is 0 Å². The highest BCUT2D eigenvalue weighted by molar-refractivity contribution is 7.56. The molecule has 0 bridgehead atoms. The van der Waals surface area contributed by atoms with Gasteiger partial charge in [-0.15, -0.1) is 7.92 Å². The third-order valence-electron chi connectivity index (χ3n) is 2.16. The van der Waals surface area contributed by atoms with Gasteiger partial charge in [-0.05, 0) is 31.0 Å². The van der Waals surface area contributed by atoms with Crippen LogP contribution < -0.4 is 0 Å². The smallest absolute Gasteiger partial charge is 0.0239 e. The van der Waals surface area contributed by atoms with Gasteiger partial charge in [0.2, 0.25) is 0 Å². The minimum absolute atomic E-state index is 0.298. The van der Waals surface area contributed by atoms with Crippen LogP contribution in [0.5, 0.6) is 0 Å². The second-order valence-corrected chi connectivity index (χ2v) is 5.92.